The Hall–Kier alpha value is -0.640. The van der Waals surface area contributed by atoms with Gasteiger partial charge in [0.2, 0.25) is 0 Å². The molecule has 0 saturated carbocycles. The average molecular weight is 227 g/mol. The zero-order valence-corrected chi connectivity index (χ0v) is 10.7. The van der Waals surface area contributed by atoms with Gasteiger partial charge in [-0.1, -0.05) is 26.7 Å². The number of hydrogen-bond acceptors (Lipinski definition) is 2. The number of aromatic nitrogens is 3. The van der Waals surface area contributed by atoms with Gasteiger partial charge in [0.05, 0.1) is 0 Å². The summed E-state index contributed by atoms with van der Waals surface area (Å²) in [4.78, 5) is 0. The van der Waals surface area contributed by atoms with Gasteiger partial charge in [0.15, 0.2) is 4.77 Å². The summed E-state index contributed by atoms with van der Waals surface area (Å²) in [5, 5.41) is 7.27. The van der Waals surface area contributed by atoms with Gasteiger partial charge in [-0.2, -0.15) is 5.10 Å². The molecule has 86 valence electrons. The molecule has 0 amide bonds. The van der Waals surface area contributed by atoms with E-state index in [2.05, 4.69) is 35.5 Å². The van der Waals surface area contributed by atoms with Crippen LogP contribution in [-0.4, -0.2) is 14.8 Å². The standard InChI is InChI=1S/C11H21N3S/c1-4-7-9(8-5-2)10-12-13-11(15)14(10)6-3/h9H,4-8H2,1-3H3,(H,13,15). The van der Waals surface area contributed by atoms with Crippen molar-refractivity contribution in [3.05, 3.63) is 10.6 Å². The molecule has 0 aliphatic heterocycles. The van der Waals surface area contributed by atoms with Crippen molar-refractivity contribution in [1.82, 2.24) is 14.8 Å². The van der Waals surface area contributed by atoms with E-state index in [0.29, 0.717) is 5.92 Å². The molecule has 3 nitrogen and oxygen atoms in total. The molecular weight excluding hydrogens is 206 g/mol. The second-order valence-electron chi connectivity index (χ2n) is 3.91. The Morgan fingerprint density at radius 2 is 1.87 bits per heavy atom. The lowest BCUT2D eigenvalue weighted by molar-refractivity contribution is 0.505. The van der Waals surface area contributed by atoms with Crippen LogP contribution in [0.2, 0.25) is 0 Å². The summed E-state index contributed by atoms with van der Waals surface area (Å²) in [5.74, 6) is 1.71. The molecule has 1 aromatic heterocycles. The molecule has 1 aromatic rings. The third kappa shape index (κ3) is 2.91. The summed E-state index contributed by atoms with van der Waals surface area (Å²) in [5.41, 5.74) is 0. The molecule has 15 heavy (non-hydrogen) atoms. The number of nitrogens with zero attached hydrogens (tertiary/aromatic N) is 2. The summed E-state index contributed by atoms with van der Waals surface area (Å²) in [6.07, 6.45) is 4.81. The normalized spacial score (nSPS) is 11.2. The van der Waals surface area contributed by atoms with Crippen molar-refractivity contribution >= 4 is 12.2 Å². The Bertz CT molecular complexity index is 334. The lowest BCUT2D eigenvalue weighted by atomic mass is 9.97. The van der Waals surface area contributed by atoms with Crippen molar-refractivity contribution in [2.75, 3.05) is 0 Å². The summed E-state index contributed by atoms with van der Waals surface area (Å²) in [6, 6.07) is 0. The van der Waals surface area contributed by atoms with E-state index >= 15 is 0 Å². The Morgan fingerprint density at radius 3 is 2.33 bits per heavy atom. The Balaban J connectivity index is 2.93. The van der Waals surface area contributed by atoms with Gasteiger partial charge in [0.25, 0.3) is 0 Å². The lowest BCUT2D eigenvalue weighted by Gasteiger charge is -2.14. The van der Waals surface area contributed by atoms with Crippen molar-refractivity contribution in [3.63, 3.8) is 0 Å². The van der Waals surface area contributed by atoms with Crippen molar-refractivity contribution in [2.45, 2.75) is 58.9 Å². The number of hydrogen-bond donors (Lipinski definition) is 1. The molecule has 4 heteroatoms. The highest BCUT2D eigenvalue weighted by Gasteiger charge is 2.16. The monoisotopic (exact) mass is 227 g/mol. The summed E-state index contributed by atoms with van der Waals surface area (Å²) >= 11 is 5.20. The van der Waals surface area contributed by atoms with E-state index in [1.165, 1.54) is 25.7 Å². The second-order valence-corrected chi connectivity index (χ2v) is 4.29. The van der Waals surface area contributed by atoms with Crippen LogP contribution in [-0.2, 0) is 6.54 Å². The fraction of sp³-hybridized carbons (Fsp3) is 0.818. The van der Waals surface area contributed by atoms with Crippen molar-refractivity contribution in [3.8, 4) is 0 Å². The maximum atomic E-state index is 5.20. The lowest BCUT2D eigenvalue weighted by Crippen LogP contribution is -2.08. The van der Waals surface area contributed by atoms with E-state index in [-0.39, 0.29) is 0 Å². The molecular formula is C11H21N3S. The van der Waals surface area contributed by atoms with E-state index in [1.54, 1.807) is 0 Å². The molecule has 1 heterocycles. The third-order valence-electron chi connectivity index (χ3n) is 2.74. The largest absolute Gasteiger partial charge is 0.304 e. The minimum Gasteiger partial charge on any atom is -0.304 e. The first-order valence-corrected chi connectivity index (χ1v) is 6.30. The number of rotatable bonds is 6. The summed E-state index contributed by atoms with van der Waals surface area (Å²) < 4.78 is 2.87. The van der Waals surface area contributed by atoms with Crippen LogP contribution in [0.15, 0.2) is 0 Å². The Morgan fingerprint density at radius 1 is 1.27 bits per heavy atom. The van der Waals surface area contributed by atoms with Crippen LogP contribution in [0.4, 0.5) is 0 Å². The number of H-pyrrole nitrogens is 1. The molecule has 0 fully saturated rings. The van der Waals surface area contributed by atoms with Crippen molar-refractivity contribution in [2.24, 2.45) is 0 Å². The molecule has 0 atom stereocenters. The third-order valence-corrected chi connectivity index (χ3v) is 3.06. The smallest absolute Gasteiger partial charge is 0.195 e. The van der Waals surface area contributed by atoms with E-state index in [1.807, 2.05) is 0 Å². The topological polar surface area (TPSA) is 33.6 Å². The van der Waals surface area contributed by atoms with Crippen LogP contribution >= 0.6 is 12.2 Å². The zero-order chi connectivity index (χ0) is 11.3. The summed E-state index contributed by atoms with van der Waals surface area (Å²) in [7, 11) is 0. The summed E-state index contributed by atoms with van der Waals surface area (Å²) in [6.45, 7) is 7.47. The average Bonchev–Trinajstić information content (AvgIpc) is 2.59. The first-order valence-electron chi connectivity index (χ1n) is 5.89. The van der Waals surface area contributed by atoms with Crippen LogP contribution in [0.1, 0.15) is 58.2 Å². The minimum atomic E-state index is 0.563. The van der Waals surface area contributed by atoms with Gasteiger partial charge in [-0.25, -0.2) is 0 Å². The highest BCUT2D eigenvalue weighted by Crippen LogP contribution is 2.24. The first-order chi connectivity index (χ1) is 7.24. The van der Waals surface area contributed by atoms with E-state index in [4.69, 9.17) is 12.2 Å². The molecule has 0 saturated heterocycles. The van der Waals surface area contributed by atoms with Crippen molar-refractivity contribution in [1.29, 1.82) is 0 Å². The molecule has 0 bridgehead atoms. The van der Waals surface area contributed by atoms with Crippen LogP contribution in [0.5, 0.6) is 0 Å². The fourth-order valence-electron chi connectivity index (χ4n) is 2.05. The van der Waals surface area contributed by atoms with Gasteiger partial charge in [-0.05, 0) is 32.0 Å². The Kier molecular flexibility index (Phi) is 5.02. The zero-order valence-electron chi connectivity index (χ0n) is 9.92. The van der Waals surface area contributed by atoms with Crippen LogP contribution in [0.3, 0.4) is 0 Å². The molecule has 1 N–H and O–H groups in total. The van der Waals surface area contributed by atoms with E-state index in [0.717, 1.165) is 17.1 Å². The molecule has 0 aromatic carbocycles. The molecule has 0 aliphatic rings. The molecule has 0 spiro atoms. The predicted molar refractivity (Wildman–Crippen MR) is 65.6 cm³/mol. The quantitative estimate of drug-likeness (QED) is 0.753. The van der Waals surface area contributed by atoms with Gasteiger partial charge in [0, 0.05) is 12.5 Å². The van der Waals surface area contributed by atoms with Crippen LogP contribution in [0.25, 0.3) is 0 Å². The number of aromatic amines is 1. The van der Waals surface area contributed by atoms with Crippen LogP contribution in [0, 0.1) is 4.77 Å². The molecule has 0 unspecified atom stereocenters. The van der Waals surface area contributed by atoms with Gasteiger partial charge in [-0.15, -0.1) is 0 Å². The highest BCUT2D eigenvalue weighted by atomic mass is 32.1. The fourth-order valence-corrected chi connectivity index (χ4v) is 2.31. The van der Waals surface area contributed by atoms with Gasteiger partial charge >= 0.3 is 0 Å². The SMILES string of the molecule is CCCC(CCC)c1n[nH]c(=S)n1CC. The molecule has 0 aliphatic carbocycles. The second kappa shape index (κ2) is 6.05. The van der Waals surface area contributed by atoms with Gasteiger partial charge in [-0.3, -0.25) is 5.10 Å². The van der Waals surface area contributed by atoms with Crippen molar-refractivity contribution < 1.29 is 0 Å². The maximum Gasteiger partial charge on any atom is 0.195 e. The minimum absolute atomic E-state index is 0.563. The Labute approximate surface area is 96.9 Å². The van der Waals surface area contributed by atoms with Crippen LogP contribution < -0.4 is 0 Å². The van der Waals surface area contributed by atoms with E-state index < -0.39 is 0 Å². The molecule has 0 radical (unpaired) electrons. The predicted octanol–water partition coefficient (Wildman–Crippen LogP) is 3.64. The number of nitrogens with one attached hydrogen (secondary N) is 1. The van der Waals surface area contributed by atoms with Gasteiger partial charge in [0.1, 0.15) is 5.82 Å². The van der Waals surface area contributed by atoms with E-state index in [9.17, 15) is 0 Å². The van der Waals surface area contributed by atoms with Gasteiger partial charge < -0.3 is 4.57 Å². The highest BCUT2D eigenvalue weighted by molar-refractivity contribution is 7.71. The first kappa shape index (κ1) is 12.4. The maximum absolute atomic E-state index is 5.20. The molecule has 1 rings (SSSR count).